The summed E-state index contributed by atoms with van der Waals surface area (Å²) in [7, 11) is 5.64. The van der Waals surface area contributed by atoms with Crippen LogP contribution in [-0.4, -0.2) is 54.9 Å². The van der Waals surface area contributed by atoms with Gasteiger partial charge in [-0.15, -0.1) is 0 Å². The van der Waals surface area contributed by atoms with Gasteiger partial charge in [0.05, 0.1) is 0 Å². The van der Waals surface area contributed by atoms with Crippen LogP contribution in [0.2, 0.25) is 0 Å². The van der Waals surface area contributed by atoms with Gasteiger partial charge in [-0.3, -0.25) is 4.79 Å². The third-order valence-corrected chi connectivity index (χ3v) is 4.13. The number of benzene rings is 1. The van der Waals surface area contributed by atoms with Crippen molar-refractivity contribution in [3.8, 4) is 0 Å². The molecule has 0 atom stereocenters. The molecule has 0 unspecified atom stereocenters. The normalized spacial score (nSPS) is 17.3. The van der Waals surface area contributed by atoms with Crippen molar-refractivity contribution in [1.29, 1.82) is 0 Å². The Hall–Kier alpha value is -1.88. The summed E-state index contributed by atoms with van der Waals surface area (Å²) in [5.74, 6) is 1.19. The van der Waals surface area contributed by atoms with Crippen molar-refractivity contribution in [1.82, 2.24) is 14.8 Å². The number of aromatic nitrogens is 1. The molecule has 0 N–H and O–H groups in total. The molecule has 1 aliphatic heterocycles. The fraction of sp³-hybridized carbons (Fsp3) is 0.500. The Labute approximate surface area is 124 Å². The highest BCUT2D eigenvalue weighted by atomic mass is 16.3. The smallest absolute Gasteiger partial charge is 0.253 e. The maximum absolute atomic E-state index is 12.0. The van der Waals surface area contributed by atoms with Gasteiger partial charge in [-0.2, -0.15) is 0 Å². The van der Waals surface area contributed by atoms with E-state index >= 15 is 0 Å². The number of carbonyl (C=O) groups excluding carboxylic acids is 1. The molecule has 2 heterocycles. The molecule has 112 valence electrons. The molecular weight excluding hydrogens is 266 g/mol. The minimum absolute atomic E-state index is 0.0132. The van der Waals surface area contributed by atoms with Crippen LogP contribution in [-0.2, 0) is 0 Å². The zero-order chi connectivity index (χ0) is 15.0. The van der Waals surface area contributed by atoms with E-state index in [4.69, 9.17) is 4.42 Å². The second-order valence-electron chi connectivity index (χ2n) is 6.01. The lowest BCUT2D eigenvalue weighted by Gasteiger charge is -2.26. The molecule has 1 aliphatic rings. The van der Waals surface area contributed by atoms with Crippen LogP contribution in [0.4, 0.5) is 0 Å². The predicted octanol–water partition coefficient (Wildman–Crippen LogP) is 2.34. The Bertz CT molecular complexity index is 655. The third kappa shape index (κ3) is 2.78. The van der Waals surface area contributed by atoms with E-state index in [2.05, 4.69) is 16.9 Å². The molecule has 5 nitrogen and oxygen atoms in total. The van der Waals surface area contributed by atoms with Gasteiger partial charge in [-0.05, 0) is 51.2 Å². The molecule has 21 heavy (non-hydrogen) atoms. The average Bonchev–Trinajstić information content (AvgIpc) is 2.89. The van der Waals surface area contributed by atoms with Gasteiger partial charge in [-0.1, -0.05) is 0 Å². The van der Waals surface area contributed by atoms with E-state index in [9.17, 15) is 4.79 Å². The van der Waals surface area contributed by atoms with Gasteiger partial charge in [0.25, 0.3) is 5.91 Å². The van der Waals surface area contributed by atoms with Crippen molar-refractivity contribution in [2.24, 2.45) is 0 Å². The van der Waals surface area contributed by atoms with Crippen LogP contribution in [0.5, 0.6) is 0 Å². The van der Waals surface area contributed by atoms with Gasteiger partial charge in [0.15, 0.2) is 11.5 Å². The van der Waals surface area contributed by atoms with E-state index in [0.29, 0.717) is 11.5 Å². The average molecular weight is 287 g/mol. The van der Waals surface area contributed by atoms with Crippen LogP contribution in [0, 0.1) is 0 Å². The highest BCUT2D eigenvalue weighted by Gasteiger charge is 2.23. The number of hydrogen-bond donors (Lipinski definition) is 0. The quantitative estimate of drug-likeness (QED) is 0.850. The molecule has 1 aromatic heterocycles. The summed E-state index contributed by atoms with van der Waals surface area (Å²) in [5, 5.41) is 0. The van der Waals surface area contributed by atoms with E-state index in [1.807, 2.05) is 12.1 Å². The lowest BCUT2D eigenvalue weighted by atomic mass is 9.97. The number of piperidine rings is 1. The number of carbonyl (C=O) groups is 1. The van der Waals surface area contributed by atoms with Gasteiger partial charge in [0.1, 0.15) is 5.52 Å². The summed E-state index contributed by atoms with van der Waals surface area (Å²) in [6, 6.07) is 5.46. The highest BCUT2D eigenvalue weighted by Crippen LogP contribution is 2.29. The fourth-order valence-electron chi connectivity index (χ4n) is 2.77. The maximum Gasteiger partial charge on any atom is 0.253 e. The molecule has 1 fully saturated rings. The lowest BCUT2D eigenvalue weighted by molar-refractivity contribution is 0.0828. The number of rotatable bonds is 2. The molecule has 1 amide bonds. The predicted molar refractivity (Wildman–Crippen MR) is 81.5 cm³/mol. The monoisotopic (exact) mass is 287 g/mol. The molecule has 2 aromatic rings. The first-order valence-corrected chi connectivity index (χ1v) is 7.35. The summed E-state index contributed by atoms with van der Waals surface area (Å²) in [5.41, 5.74) is 2.19. The van der Waals surface area contributed by atoms with Gasteiger partial charge in [-0.25, -0.2) is 4.98 Å². The van der Waals surface area contributed by atoms with Crippen molar-refractivity contribution in [3.05, 3.63) is 29.7 Å². The Balaban J connectivity index is 1.88. The second-order valence-corrected chi connectivity index (χ2v) is 6.01. The highest BCUT2D eigenvalue weighted by molar-refractivity contribution is 5.96. The van der Waals surface area contributed by atoms with Crippen LogP contribution in [0.1, 0.15) is 35.0 Å². The molecule has 1 aromatic carbocycles. The van der Waals surface area contributed by atoms with Crippen molar-refractivity contribution >= 4 is 17.0 Å². The number of hydrogen-bond acceptors (Lipinski definition) is 4. The van der Waals surface area contributed by atoms with E-state index in [0.717, 1.165) is 42.9 Å². The zero-order valence-corrected chi connectivity index (χ0v) is 12.8. The Morgan fingerprint density at radius 2 is 2.05 bits per heavy atom. The summed E-state index contributed by atoms with van der Waals surface area (Å²) >= 11 is 0. The fourth-order valence-corrected chi connectivity index (χ4v) is 2.77. The summed E-state index contributed by atoms with van der Waals surface area (Å²) in [4.78, 5) is 20.5. The van der Waals surface area contributed by atoms with Crippen molar-refractivity contribution in [2.75, 3.05) is 34.2 Å². The topological polar surface area (TPSA) is 49.6 Å². The second kappa shape index (κ2) is 5.48. The molecule has 0 spiro atoms. The van der Waals surface area contributed by atoms with Crippen molar-refractivity contribution in [2.45, 2.75) is 18.8 Å². The SMILES string of the molecule is CN1CCC(c2nc3cc(C(=O)N(C)C)ccc3o2)CC1. The molecule has 0 saturated carbocycles. The molecule has 3 rings (SSSR count). The number of fused-ring (bicyclic) bond motifs is 1. The van der Waals surface area contributed by atoms with Crippen molar-refractivity contribution in [3.63, 3.8) is 0 Å². The standard InChI is InChI=1S/C16H21N3O2/c1-18(2)16(20)12-4-5-14-13(10-12)17-15(21-14)11-6-8-19(3)9-7-11/h4-5,10-11H,6-9H2,1-3H3. The minimum Gasteiger partial charge on any atom is -0.440 e. The van der Waals surface area contributed by atoms with Crippen LogP contribution in [0.15, 0.2) is 22.6 Å². The maximum atomic E-state index is 12.0. The van der Waals surface area contributed by atoms with Crippen LogP contribution in [0.25, 0.3) is 11.1 Å². The Morgan fingerprint density at radius 3 is 2.71 bits per heavy atom. The summed E-state index contributed by atoms with van der Waals surface area (Å²) in [6.45, 7) is 2.15. The van der Waals surface area contributed by atoms with Gasteiger partial charge < -0.3 is 14.2 Å². The largest absolute Gasteiger partial charge is 0.440 e. The van der Waals surface area contributed by atoms with Crippen molar-refractivity contribution < 1.29 is 9.21 Å². The molecule has 5 heteroatoms. The van der Waals surface area contributed by atoms with Gasteiger partial charge in [0, 0.05) is 25.6 Å². The molecule has 0 aliphatic carbocycles. The first kappa shape index (κ1) is 14.1. The molecule has 0 radical (unpaired) electrons. The summed E-state index contributed by atoms with van der Waals surface area (Å²) in [6.07, 6.45) is 2.15. The number of nitrogens with zero attached hydrogens (tertiary/aromatic N) is 3. The molecular formula is C16H21N3O2. The minimum atomic E-state index is -0.0132. The van der Waals surface area contributed by atoms with Crippen LogP contribution >= 0.6 is 0 Å². The first-order chi connectivity index (χ1) is 10.0. The summed E-state index contributed by atoms with van der Waals surface area (Å²) < 4.78 is 5.88. The lowest BCUT2D eigenvalue weighted by Crippen LogP contribution is -2.29. The van der Waals surface area contributed by atoms with Crippen LogP contribution in [0.3, 0.4) is 0 Å². The number of amides is 1. The zero-order valence-electron chi connectivity index (χ0n) is 12.8. The van der Waals surface area contributed by atoms with Gasteiger partial charge >= 0.3 is 0 Å². The van der Waals surface area contributed by atoms with E-state index in [1.165, 1.54) is 0 Å². The first-order valence-electron chi connectivity index (χ1n) is 7.35. The third-order valence-electron chi connectivity index (χ3n) is 4.13. The molecule has 1 saturated heterocycles. The number of oxazole rings is 1. The van der Waals surface area contributed by atoms with Gasteiger partial charge in [0.2, 0.25) is 0 Å². The molecule has 0 bridgehead atoms. The van der Waals surface area contributed by atoms with Crippen LogP contribution < -0.4 is 0 Å². The number of likely N-dealkylation sites (tertiary alicyclic amines) is 1. The Kier molecular flexibility index (Phi) is 3.68. The van der Waals surface area contributed by atoms with E-state index in [-0.39, 0.29) is 5.91 Å². The Morgan fingerprint density at radius 1 is 1.33 bits per heavy atom. The van der Waals surface area contributed by atoms with E-state index < -0.39 is 0 Å². The van der Waals surface area contributed by atoms with E-state index in [1.54, 1.807) is 25.1 Å².